The highest BCUT2D eigenvalue weighted by atomic mass is 16.6. The molecule has 0 saturated heterocycles. The Morgan fingerprint density at radius 2 is 0.633 bits per heavy atom. The highest BCUT2D eigenvalue weighted by Crippen LogP contribution is 2.18. The fourth-order valence-electron chi connectivity index (χ4n) is 8.13. The lowest BCUT2D eigenvalue weighted by atomic mass is 9.99. The number of esters is 3. The monoisotopic (exact) mass is 849 g/mol. The van der Waals surface area contributed by atoms with Gasteiger partial charge in [0.05, 0.1) is 0 Å². The Morgan fingerprint density at radius 3 is 0.950 bits per heavy atom. The van der Waals surface area contributed by atoms with E-state index in [1.54, 1.807) is 0 Å². The van der Waals surface area contributed by atoms with E-state index in [0.29, 0.717) is 19.3 Å². The molecule has 0 radical (unpaired) electrons. The Balaban J connectivity index is 4.28. The maximum absolute atomic E-state index is 12.8. The zero-order chi connectivity index (χ0) is 44.0. The van der Waals surface area contributed by atoms with Crippen molar-refractivity contribution in [2.45, 2.75) is 304 Å². The van der Waals surface area contributed by atoms with Crippen LogP contribution in [-0.4, -0.2) is 37.2 Å². The standard InChI is InChI=1S/C54H104O6/c1-6-8-9-10-11-12-13-14-18-21-24-29-34-39-44-52(55)58-47-51(48-59-53(56)45-40-35-31-26-27-32-37-42-49(3)4)60-54(57)46-41-36-30-25-22-19-16-15-17-20-23-28-33-38-43-50(5)7-2/h49-51H,6-48H2,1-5H3/t50?,51-/m1/s1. The Bertz CT molecular complexity index is 918. The van der Waals surface area contributed by atoms with Crippen molar-refractivity contribution in [3.05, 3.63) is 0 Å². The molecule has 0 aliphatic heterocycles. The molecule has 60 heavy (non-hydrogen) atoms. The van der Waals surface area contributed by atoms with Gasteiger partial charge in [0.1, 0.15) is 13.2 Å². The van der Waals surface area contributed by atoms with Gasteiger partial charge in [-0.2, -0.15) is 0 Å². The van der Waals surface area contributed by atoms with Crippen LogP contribution < -0.4 is 0 Å². The molecule has 0 aromatic rings. The van der Waals surface area contributed by atoms with Gasteiger partial charge in [-0.05, 0) is 31.1 Å². The van der Waals surface area contributed by atoms with E-state index in [9.17, 15) is 14.4 Å². The topological polar surface area (TPSA) is 78.9 Å². The van der Waals surface area contributed by atoms with Crippen molar-refractivity contribution in [2.75, 3.05) is 13.2 Å². The predicted octanol–water partition coefficient (Wildman–Crippen LogP) is 17.3. The normalized spacial score (nSPS) is 12.5. The largest absolute Gasteiger partial charge is 0.462 e. The molecule has 0 bridgehead atoms. The first-order chi connectivity index (χ1) is 29.3. The summed E-state index contributed by atoms with van der Waals surface area (Å²) in [5.74, 6) is 0.828. The summed E-state index contributed by atoms with van der Waals surface area (Å²) in [7, 11) is 0. The molecule has 0 rings (SSSR count). The van der Waals surface area contributed by atoms with Crippen molar-refractivity contribution in [1.29, 1.82) is 0 Å². The van der Waals surface area contributed by atoms with Gasteiger partial charge < -0.3 is 14.2 Å². The van der Waals surface area contributed by atoms with Crippen molar-refractivity contribution in [3.63, 3.8) is 0 Å². The van der Waals surface area contributed by atoms with E-state index in [1.807, 2.05) is 0 Å². The lowest BCUT2D eigenvalue weighted by Gasteiger charge is -2.18. The predicted molar refractivity (Wildman–Crippen MR) is 256 cm³/mol. The molecule has 0 spiro atoms. The maximum Gasteiger partial charge on any atom is 0.306 e. The van der Waals surface area contributed by atoms with Gasteiger partial charge in [-0.3, -0.25) is 14.4 Å². The van der Waals surface area contributed by atoms with Gasteiger partial charge in [-0.1, -0.05) is 259 Å². The number of carbonyl (C=O) groups excluding carboxylic acids is 3. The van der Waals surface area contributed by atoms with Crippen LogP contribution in [0.3, 0.4) is 0 Å². The quantitative estimate of drug-likeness (QED) is 0.0345. The molecular formula is C54H104O6. The molecule has 0 saturated carbocycles. The molecule has 6 nitrogen and oxygen atoms in total. The van der Waals surface area contributed by atoms with Gasteiger partial charge in [0, 0.05) is 19.3 Å². The van der Waals surface area contributed by atoms with Gasteiger partial charge in [0.15, 0.2) is 6.10 Å². The van der Waals surface area contributed by atoms with Crippen LogP contribution in [0, 0.1) is 11.8 Å². The van der Waals surface area contributed by atoms with Crippen LogP contribution in [0.5, 0.6) is 0 Å². The minimum absolute atomic E-state index is 0.0638. The third-order valence-electron chi connectivity index (χ3n) is 12.6. The van der Waals surface area contributed by atoms with E-state index in [0.717, 1.165) is 69.6 Å². The second kappa shape index (κ2) is 46.9. The fourth-order valence-corrected chi connectivity index (χ4v) is 8.13. The molecule has 0 aromatic heterocycles. The van der Waals surface area contributed by atoms with Gasteiger partial charge in [-0.15, -0.1) is 0 Å². The van der Waals surface area contributed by atoms with Gasteiger partial charge in [-0.25, -0.2) is 0 Å². The zero-order valence-corrected chi connectivity index (χ0v) is 41.1. The Morgan fingerprint density at radius 1 is 0.350 bits per heavy atom. The molecule has 0 aromatic carbocycles. The number of ether oxygens (including phenoxy) is 3. The molecule has 0 heterocycles. The molecule has 2 atom stereocenters. The van der Waals surface area contributed by atoms with Gasteiger partial charge >= 0.3 is 17.9 Å². The number of rotatable bonds is 48. The number of hydrogen-bond donors (Lipinski definition) is 0. The summed E-state index contributed by atoms with van der Waals surface area (Å²) in [4.78, 5) is 37.9. The average molecular weight is 849 g/mol. The van der Waals surface area contributed by atoms with Crippen molar-refractivity contribution < 1.29 is 28.6 Å². The minimum Gasteiger partial charge on any atom is -0.462 e. The van der Waals surface area contributed by atoms with Crippen molar-refractivity contribution >= 4 is 17.9 Å². The smallest absolute Gasteiger partial charge is 0.306 e. The third-order valence-corrected chi connectivity index (χ3v) is 12.6. The van der Waals surface area contributed by atoms with E-state index in [-0.39, 0.29) is 31.1 Å². The summed E-state index contributed by atoms with van der Waals surface area (Å²) in [6, 6.07) is 0. The highest BCUT2D eigenvalue weighted by molar-refractivity contribution is 5.71. The molecule has 6 heteroatoms. The number of hydrogen-bond acceptors (Lipinski definition) is 6. The summed E-state index contributed by atoms with van der Waals surface area (Å²) >= 11 is 0. The molecule has 356 valence electrons. The van der Waals surface area contributed by atoms with Crippen LogP contribution in [-0.2, 0) is 28.6 Å². The molecule has 0 fully saturated rings. The van der Waals surface area contributed by atoms with Crippen LogP contribution in [0.1, 0.15) is 298 Å². The summed E-state index contributed by atoms with van der Waals surface area (Å²) < 4.78 is 16.8. The summed E-state index contributed by atoms with van der Waals surface area (Å²) in [5.41, 5.74) is 0. The van der Waals surface area contributed by atoms with Crippen LogP contribution in [0.2, 0.25) is 0 Å². The van der Waals surface area contributed by atoms with E-state index >= 15 is 0 Å². The molecule has 1 unspecified atom stereocenters. The van der Waals surface area contributed by atoms with Crippen molar-refractivity contribution in [2.24, 2.45) is 11.8 Å². The summed E-state index contributed by atoms with van der Waals surface area (Å²) in [6.07, 6.45) is 48.0. The molecule has 0 amide bonds. The molecule has 0 aliphatic carbocycles. The summed E-state index contributed by atoms with van der Waals surface area (Å²) in [6.45, 7) is 11.4. The lowest BCUT2D eigenvalue weighted by Crippen LogP contribution is -2.30. The molecule has 0 N–H and O–H groups in total. The molecular weight excluding hydrogens is 745 g/mol. The van der Waals surface area contributed by atoms with E-state index in [1.165, 1.54) is 186 Å². The van der Waals surface area contributed by atoms with Gasteiger partial charge in [0.2, 0.25) is 0 Å². The first kappa shape index (κ1) is 58.4. The zero-order valence-electron chi connectivity index (χ0n) is 41.1. The van der Waals surface area contributed by atoms with Crippen molar-refractivity contribution in [3.8, 4) is 0 Å². The SMILES string of the molecule is CCCCCCCCCCCCCCCCC(=O)OC[C@H](COC(=O)CCCCCCCCCC(C)C)OC(=O)CCCCCCCCCCCCCCCCC(C)CC. The number of unbranched alkanes of at least 4 members (excludes halogenated alkanes) is 32. The second-order valence-electron chi connectivity index (χ2n) is 19.2. The van der Waals surface area contributed by atoms with Crippen molar-refractivity contribution in [1.82, 2.24) is 0 Å². The minimum atomic E-state index is -0.762. The first-order valence-corrected chi connectivity index (χ1v) is 26.8. The molecule has 0 aliphatic rings. The Hall–Kier alpha value is -1.59. The summed E-state index contributed by atoms with van der Waals surface area (Å²) in [5, 5.41) is 0. The fraction of sp³-hybridized carbons (Fsp3) is 0.944. The average Bonchev–Trinajstić information content (AvgIpc) is 3.23. The highest BCUT2D eigenvalue weighted by Gasteiger charge is 2.19. The van der Waals surface area contributed by atoms with Crippen LogP contribution in [0.15, 0.2) is 0 Å². The Labute approximate surface area is 374 Å². The lowest BCUT2D eigenvalue weighted by molar-refractivity contribution is -0.167. The maximum atomic E-state index is 12.8. The van der Waals surface area contributed by atoms with E-state index < -0.39 is 6.10 Å². The Kier molecular flexibility index (Phi) is 45.7. The van der Waals surface area contributed by atoms with Gasteiger partial charge in [0.25, 0.3) is 0 Å². The van der Waals surface area contributed by atoms with Crippen LogP contribution >= 0.6 is 0 Å². The van der Waals surface area contributed by atoms with Crippen LogP contribution in [0.25, 0.3) is 0 Å². The number of carbonyl (C=O) groups is 3. The van der Waals surface area contributed by atoms with E-state index in [4.69, 9.17) is 14.2 Å². The second-order valence-corrected chi connectivity index (χ2v) is 19.2. The van der Waals surface area contributed by atoms with Crippen LogP contribution in [0.4, 0.5) is 0 Å². The van der Waals surface area contributed by atoms with E-state index in [2.05, 4.69) is 34.6 Å². The first-order valence-electron chi connectivity index (χ1n) is 26.8. The third kappa shape index (κ3) is 45.9.